The third-order valence-corrected chi connectivity index (χ3v) is 10.7. The molecular formula is C51H40N2O. The molecule has 3 heteroatoms. The summed E-state index contributed by atoms with van der Waals surface area (Å²) in [5.41, 5.74) is 14.1. The summed E-state index contributed by atoms with van der Waals surface area (Å²) in [5, 5.41) is 2.21. The molecule has 54 heavy (non-hydrogen) atoms. The molecule has 0 aliphatic carbocycles. The quantitative estimate of drug-likeness (QED) is 0.158. The Kier molecular flexibility index (Phi) is 8.40. The monoisotopic (exact) mass is 696 g/mol. The fraction of sp³-hybridized carbons (Fsp3) is 0.0784. The molecule has 0 unspecified atom stereocenters. The molecular weight excluding hydrogens is 657 g/mol. The highest BCUT2D eigenvalue weighted by atomic mass is 16.3. The Balaban J connectivity index is 1.13. The number of benzene rings is 8. The van der Waals surface area contributed by atoms with E-state index in [4.69, 9.17) is 9.40 Å². The minimum absolute atomic E-state index is 0.139. The van der Waals surface area contributed by atoms with Gasteiger partial charge < -0.3 is 9.32 Å². The van der Waals surface area contributed by atoms with Crippen molar-refractivity contribution in [3.05, 3.63) is 205 Å². The lowest BCUT2D eigenvalue weighted by Gasteiger charge is -2.30. The molecule has 9 rings (SSSR count). The van der Waals surface area contributed by atoms with Gasteiger partial charge in [-0.25, -0.2) is 4.98 Å². The highest BCUT2D eigenvalue weighted by Gasteiger charge is 2.25. The van der Waals surface area contributed by atoms with E-state index in [0.717, 1.165) is 55.6 Å². The average molecular weight is 697 g/mol. The van der Waals surface area contributed by atoms with Crippen LogP contribution in [0.2, 0.25) is 0 Å². The lowest BCUT2D eigenvalue weighted by atomic mass is 9.76. The zero-order valence-electron chi connectivity index (χ0n) is 30.7. The molecule has 9 aromatic rings. The fourth-order valence-electron chi connectivity index (χ4n) is 7.79. The van der Waals surface area contributed by atoms with Crippen molar-refractivity contribution in [1.29, 1.82) is 0 Å². The van der Waals surface area contributed by atoms with Crippen molar-refractivity contribution in [2.45, 2.75) is 26.2 Å². The van der Waals surface area contributed by atoms with Crippen LogP contribution in [0.25, 0.3) is 55.6 Å². The maximum Gasteiger partial charge on any atom is 0.227 e. The molecule has 0 radical (unpaired) electrons. The summed E-state index contributed by atoms with van der Waals surface area (Å²) in [7, 11) is 0. The van der Waals surface area contributed by atoms with Crippen molar-refractivity contribution in [2.24, 2.45) is 0 Å². The second-order valence-electron chi connectivity index (χ2n) is 14.5. The van der Waals surface area contributed by atoms with E-state index in [0.29, 0.717) is 5.89 Å². The number of oxazole rings is 1. The number of nitrogens with zero attached hydrogens (tertiary/aromatic N) is 2. The molecule has 0 saturated carbocycles. The lowest BCUT2D eigenvalue weighted by molar-refractivity contribution is 0.621. The van der Waals surface area contributed by atoms with Gasteiger partial charge in [0.25, 0.3) is 0 Å². The standard InChI is InChI=1S/C51H40N2O/c1-35-14-10-13-21-47(35)51(2,3)41-26-32-44(33-27-41)53(42-28-22-37(23-29-42)36-15-6-4-7-16-36)43-30-24-38(25-31-43)46-34-40-19-11-12-20-45(40)48-49(46)54-50(52-48)39-17-8-5-9-18-39/h4-34H,1-3H3. The zero-order valence-corrected chi connectivity index (χ0v) is 30.7. The van der Waals surface area contributed by atoms with Gasteiger partial charge in [-0.05, 0) is 100 Å². The molecule has 0 saturated heterocycles. The number of anilines is 3. The molecule has 0 atom stereocenters. The van der Waals surface area contributed by atoms with Crippen LogP contribution in [0.4, 0.5) is 17.1 Å². The molecule has 0 aliphatic rings. The number of fused-ring (bicyclic) bond motifs is 3. The van der Waals surface area contributed by atoms with Gasteiger partial charge in [0.1, 0.15) is 5.52 Å². The van der Waals surface area contributed by atoms with E-state index in [2.05, 4.69) is 183 Å². The van der Waals surface area contributed by atoms with Crippen LogP contribution >= 0.6 is 0 Å². The molecule has 1 aromatic heterocycles. The number of hydrogen-bond donors (Lipinski definition) is 0. The van der Waals surface area contributed by atoms with Crippen LogP contribution in [0.15, 0.2) is 192 Å². The van der Waals surface area contributed by atoms with Crippen LogP contribution < -0.4 is 4.90 Å². The van der Waals surface area contributed by atoms with Crippen molar-refractivity contribution in [3.63, 3.8) is 0 Å². The van der Waals surface area contributed by atoms with Gasteiger partial charge >= 0.3 is 0 Å². The van der Waals surface area contributed by atoms with Gasteiger partial charge in [0.2, 0.25) is 5.89 Å². The van der Waals surface area contributed by atoms with Gasteiger partial charge in [0, 0.05) is 39.0 Å². The Morgan fingerprint density at radius 1 is 0.500 bits per heavy atom. The first-order valence-electron chi connectivity index (χ1n) is 18.5. The molecule has 0 fully saturated rings. The Bertz CT molecular complexity index is 2710. The van der Waals surface area contributed by atoms with Crippen LogP contribution in [-0.2, 0) is 5.41 Å². The van der Waals surface area contributed by atoms with Crippen molar-refractivity contribution >= 4 is 38.9 Å². The molecule has 0 amide bonds. The first-order valence-corrected chi connectivity index (χ1v) is 18.5. The second-order valence-corrected chi connectivity index (χ2v) is 14.5. The van der Waals surface area contributed by atoms with E-state index < -0.39 is 0 Å². The van der Waals surface area contributed by atoms with E-state index in [1.165, 1.54) is 27.8 Å². The normalized spacial score (nSPS) is 11.6. The predicted molar refractivity (Wildman–Crippen MR) is 226 cm³/mol. The van der Waals surface area contributed by atoms with Crippen LogP contribution in [0.1, 0.15) is 30.5 Å². The fourth-order valence-corrected chi connectivity index (χ4v) is 7.79. The second kappa shape index (κ2) is 13.7. The van der Waals surface area contributed by atoms with Crippen LogP contribution in [0.5, 0.6) is 0 Å². The van der Waals surface area contributed by atoms with Crippen LogP contribution in [0, 0.1) is 6.92 Å². The predicted octanol–water partition coefficient (Wildman–Crippen LogP) is 14.1. The van der Waals surface area contributed by atoms with Crippen molar-refractivity contribution in [2.75, 3.05) is 4.90 Å². The van der Waals surface area contributed by atoms with E-state index in [1.54, 1.807) is 0 Å². The van der Waals surface area contributed by atoms with Gasteiger partial charge in [0.15, 0.2) is 5.58 Å². The lowest BCUT2D eigenvalue weighted by Crippen LogP contribution is -2.20. The molecule has 0 N–H and O–H groups in total. The smallest absolute Gasteiger partial charge is 0.227 e. The van der Waals surface area contributed by atoms with Crippen molar-refractivity contribution in [3.8, 4) is 33.7 Å². The Labute approximate surface area is 316 Å². The SMILES string of the molecule is Cc1ccccc1C(C)(C)c1ccc(N(c2ccc(-c3ccccc3)cc2)c2ccc(-c3cc4ccccc4c4nc(-c5ccccc5)oc34)cc2)cc1. The number of hydrogen-bond acceptors (Lipinski definition) is 3. The maximum atomic E-state index is 6.57. The first kappa shape index (κ1) is 33.1. The maximum absolute atomic E-state index is 6.57. The third kappa shape index (κ3) is 6.04. The number of rotatable bonds is 8. The summed E-state index contributed by atoms with van der Waals surface area (Å²) in [6.07, 6.45) is 0. The Morgan fingerprint density at radius 3 is 1.67 bits per heavy atom. The minimum Gasteiger partial charge on any atom is -0.435 e. The van der Waals surface area contributed by atoms with Crippen LogP contribution in [0.3, 0.4) is 0 Å². The highest BCUT2D eigenvalue weighted by Crippen LogP contribution is 2.41. The minimum atomic E-state index is -0.139. The summed E-state index contributed by atoms with van der Waals surface area (Å²) in [6.45, 7) is 6.82. The molecule has 0 aliphatic heterocycles. The highest BCUT2D eigenvalue weighted by molar-refractivity contribution is 6.10. The average Bonchev–Trinajstić information content (AvgIpc) is 3.69. The number of aromatic nitrogens is 1. The van der Waals surface area contributed by atoms with E-state index in [1.807, 2.05) is 30.3 Å². The largest absolute Gasteiger partial charge is 0.435 e. The van der Waals surface area contributed by atoms with Gasteiger partial charge in [-0.3, -0.25) is 0 Å². The first-order chi connectivity index (χ1) is 26.4. The molecule has 260 valence electrons. The summed E-state index contributed by atoms with van der Waals surface area (Å²) in [5.74, 6) is 0.624. The van der Waals surface area contributed by atoms with Gasteiger partial charge in [0.05, 0.1) is 0 Å². The van der Waals surface area contributed by atoms with E-state index in [-0.39, 0.29) is 5.41 Å². The molecule has 1 heterocycles. The summed E-state index contributed by atoms with van der Waals surface area (Å²) >= 11 is 0. The Morgan fingerprint density at radius 2 is 1.02 bits per heavy atom. The van der Waals surface area contributed by atoms with E-state index in [9.17, 15) is 0 Å². The van der Waals surface area contributed by atoms with Crippen molar-refractivity contribution < 1.29 is 4.42 Å². The molecule has 0 spiro atoms. The Hall–Kier alpha value is -6.71. The van der Waals surface area contributed by atoms with Crippen LogP contribution in [-0.4, -0.2) is 4.98 Å². The van der Waals surface area contributed by atoms with Crippen molar-refractivity contribution in [1.82, 2.24) is 4.98 Å². The van der Waals surface area contributed by atoms with Gasteiger partial charge in [-0.1, -0.05) is 147 Å². The van der Waals surface area contributed by atoms with Gasteiger partial charge in [-0.15, -0.1) is 0 Å². The van der Waals surface area contributed by atoms with E-state index >= 15 is 0 Å². The molecule has 0 bridgehead atoms. The van der Waals surface area contributed by atoms with Gasteiger partial charge in [-0.2, -0.15) is 0 Å². The third-order valence-electron chi connectivity index (χ3n) is 10.7. The summed E-state index contributed by atoms with van der Waals surface area (Å²) in [6, 6.07) is 66.7. The zero-order chi connectivity index (χ0) is 36.6. The topological polar surface area (TPSA) is 29.3 Å². The summed E-state index contributed by atoms with van der Waals surface area (Å²) in [4.78, 5) is 7.36. The summed E-state index contributed by atoms with van der Waals surface area (Å²) < 4.78 is 6.57. The molecule has 8 aromatic carbocycles. The number of aryl methyl sites for hydroxylation is 1. The molecule has 3 nitrogen and oxygen atoms in total.